The molecule has 2 N–H and O–H groups in total. The molecule has 1 unspecified atom stereocenters. The lowest BCUT2D eigenvalue weighted by Gasteiger charge is -2.19. The number of rotatable bonds is 7. The van der Waals surface area contributed by atoms with E-state index in [9.17, 15) is 14.9 Å². The van der Waals surface area contributed by atoms with Gasteiger partial charge in [-0.3, -0.25) is 19.9 Å². The van der Waals surface area contributed by atoms with E-state index >= 15 is 0 Å². The number of benzene rings is 1. The minimum Gasteiger partial charge on any atom is -0.368 e. The molecule has 29 heavy (non-hydrogen) atoms. The summed E-state index contributed by atoms with van der Waals surface area (Å²) in [6.45, 7) is 3.85. The van der Waals surface area contributed by atoms with Gasteiger partial charge < -0.3 is 15.2 Å². The second-order valence-corrected chi connectivity index (χ2v) is 6.63. The lowest BCUT2D eigenvalue weighted by atomic mass is 10.0. The number of aromatic nitrogens is 3. The molecule has 3 aromatic rings. The zero-order valence-electron chi connectivity index (χ0n) is 16.1. The molecule has 1 amide bonds. The highest BCUT2D eigenvalue weighted by atomic mass is 16.6. The van der Waals surface area contributed by atoms with Gasteiger partial charge in [0, 0.05) is 36.6 Å². The second kappa shape index (κ2) is 8.46. The Hall–Kier alpha value is -3.82. The van der Waals surface area contributed by atoms with E-state index in [0.717, 1.165) is 0 Å². The number of nitro benzene ring substituents is 1. The van der Waals surface area contributed by atoms with E-state index in [1.807, 2.05) is 19.9 Å². The summed E-state index contributed by atoms with van der Waals surface area (Å²) in [5.74, 6) is 0.252. The van der Waals surface area contributed by atoms with Gasteiger partial charge in [-0.05, 0) is 30.2 Å². The highest BCUT2D eigenvalue weighted by molar-refractivity contribution is 5.95. The monoisotopic (exact) mass is 396 g/mol. The molecule has 1 atom stereocenters. The average molecular weight is 396 g/mol. The first-order valence-electron chi connectivity index (χ1n) is 8.91. The van der Waals surface area contributed by atoms with Crippen molar-refractivity contribution in [3.8, 4) is 11.4 Å². The number of carbonyl (C=O) groups is 1. The molecule has 2 aromatic heterocycles. The summed E-state index contributed by atoms with van der Waals surface area (Å²) in [6, 6.07) is 7.34. The van der Waals surface area contributed by atoms with E-state index in [-0.39, 0.29) is 22.9 Å². The van der Waals surface area contributed by atoms with Gasteiger partial charge in [-0.25, -0.2) is 0 Å². The Morgan fingerprint density at radius 1 is 1.28 bits per heavy atom. The maximum absolute atomic E-state index is 11.8. The van der Waals surface area contributed by atoms with Crippen LogP contribution in [0, 0.1) is 16.0 Å². The Labute approximate surface area is 166 Å². The summed E-state index contributed by atoms with van der Waals surface area (Å²) in [4.78, 5) is 31.2. The van der Waals surface area contributed by atoms with Crippen LogP contribution < -0.4 is 10.6 Å². The van der Waals surface area contributed by atoms with Crippen LogP contribution in [0.2, 0.25) is 0 Å². The van der Waals surface area contributed by atoms with Crippen molar-refractivity contribution in [1.82, 2.24) is 20.4 Å². The van der Waals surface area contributed by atoms with E-state index in [1.165, 1.54) is 25.2 Å². The molecule has 10 heteroatoms. The van der Waals surface area contributed by atoms with Gasteiger partial charge in [0.15, 0.2) is 0 Å². The summed E-state index contributed by atoms with van der Waals surface area (Å²) < 4.78 is 5.41. The molecule has 1 aromatic carbocycles. The molecule has 0 aliphatic heterocycles. The van der Waals surface area contributed by atoms with Gasteiger partial charge in [0.2, 0.25) is 11.7 Å². The quantitative estimate of drug-likeness (QED) is 0.459. The first-order chi connectivity index (χ1) is 13.9. The number of hydrogen-bond donors (Lipinski definition) is 2. The van der Waals surface area contributed by atoms with Crippen LogP contribution >= 0.6 is 0 Å². The third-order valence-corrected chi connectivity index (χ3v) is 4.29. The van der Waals surface area contributed by atoms with Crippen molar-refractivity contribution < 1.29 is 14.2 Å². The summed E-state index contributed by atoms with van der Waals surface area (Å²) in [5.41, 5.74) is 0.930. The van der Waals surface area contributed by atoms with Crippen LogP contribution in [0.4, 0.5) is 11.4 Å². The van der Waals surface area contributed by atoms with Crippen molar-refractivity contribution in [3.05, 3.63) is 64.3 Å². The molecule has 3 rings (SSSR count). The molecule has 0 bridgehead atoms. The average Bonchev–Trinajstić information content (AvgIpc) is 3.21. The van der Waals surface area contributed by atoms with Crippen molar-refractivity contribution in [3.63, 3.8) is 0 Å². The number of nitrogens with zero attached hydrogens (tertiary/aromatic N) is 4. The number of anilines is 1. The van der Waals surface area contributed by atoms with Crippen molar-refractivity contribution in [2.45, 2.75) is 19.9 Å². The standard InChI is InChI=1S/C19H20N6O4/c1-11(2)16(19-23-17(24-29-19)13-5-4-8-21-10-13)22-14-7-6-12(18(26)20-3)9-15(14)25(27)28/h4-11,16,22H,1-3H3,(H,20,26). The molecule has 0 saturated carbocycles. The Morgan fingerprint density at radius 3 is 2.69 bits per heavy atom. The van der Waals surface area contributed by atoms with Gasteiger partial charge in [-0.1, -0.05) is 19.0 Å². The highest BCUT2D eigenvalue weighted by Crippen LogP contribution is 2.32. The smallest absolute Gasteiger partial charge is 0.293 e. The van der Waals surface area contributed by atoms with E-state index in [1.54, 1.807) is 18.5 Å². The third-order valence-electron chi connectivity index (χ3n) is 4.29. The van der Waals surface area contributed by atoms with Gasteiger partial charge in [-0.15, -0.1) is 0 Å². The zero-order valence-corrected chi connectivity index (χ0v) is 16.1. The largest absolute Gasteiger partial charge is 0.368 e. The maximum atomic E-state index is 11.8. The molecule has 0 fully saturated rings. The van der Waals surface area contributed by atoms with E-state index < -0.39 is 16.9 Å². The van der Waals surface area contributed by atoms with E-state index in [0.29, 0.717) is 17.3 Å². The van der Waals surface area contributed by atoms with Crippen molar-refractivity contribution >= 4 is 17.3 Å². The Kier molecular flexibility index (Phi) is 5.82. The van der Waals surface area contributed by atoms with Gasteiger partial charge in [0.1, 0.15) is 11.7 Å². The minimum atomic E-state index is -0.541. The lowest BCUT2D eigenvalue weighted by Crippen LogP contribution is -2.20. The van der Waals surface area contributed by atoms with Crippen LogP contribution in [-0.2, 0) is 0 Å². The molecule has 0 aliphatic rings. The van der Waals surface area contributed by atoms with E-state index in [4.69, 9.17) is 4.52 Å². The topological polar surface area (TPSA) is 136 Å². The van der Waals surface area contributed by atoms with Crippen LogP contribution in [-0.4, -0.2) is 33.0 Å². The van der Waals surface area contributed by atoms with Crippen LogP contribution in [0.25, 0.3) is 11.4 Å². The fourth-order valence-electron chi connectivity index (χ4n) is 2.75. The predicted octanol–water partition coefficient (Wildman–Crippen LogP) is 3.21. The summed E-state index contributed by atoms with van der Waals surface area (Å²) in [5, 5.41) is 21.1. The van der Waals surface area contributed by atoms with Gasteiger partial charge in [0.05, 0.1) is 4.92 Å². The van der Waals surface area contributed by atoms with Gasteiger partial charge in [-0.2, -0.15) is 4.98 Å². The third kappa shape index (κ3) is 4.37. The molecule has 150 valence electrons. The molecule has 0 radical (unpaired) electrons. The Balaban J connectivity index is 1.93. The number of amides is 1. The predicted molar refractivity (Wildman–Crippen MR) is 105 cm³/mol. The summed E-state index contributed by atoms with van der Waals surface area (Å²) >= 11 is 0. The van der Waals surface area contributed by atoms with Gasteiger partial charge >= 0.3 is 0 Å². The normalized spacial score (nSPS) is 11.9. The summed E-state index contributed by atoms with van der Waals surface area (Å²) in [6.07, 6.45) is 3.26. The number of hydrogen-bond acceptors (Lipinski definition) is 8. The zero-order chi connectivity index (χ0) is 21.0. The molecular formula is C19H20N6O4. The number of nitro groups is 1. The Morgan fingerprint density at radius 2 is 2.07 bits per heavy atom. The first-order valence-corrected chi connectivity index (χ1v) is 8.91. The lowest BCUT2D eigenvalue weighted by molar-refractivity contribution is -0.384. The number of nitrogens with one attached hydrogen (secondary N) is 2. The van der Waals surface area contributed by atoms with E-state index in [2.05, 4.69) is 25.8 Å². The first kappa shape index (κ1) is 19.9. The maximum Gasteiger partial charge on any atom is 0.293 e. The van der Waals surface area contributed by atoms with Crippen molar-refractivity contribution in [1.29, 1.82) is 0 Å². The molecular weight excluding hydrogens is 376 g/mol. The van der Waals surface area contributed by atoms with Gasteiger partial charge in [0.25, 0.3) is 11.6 Å². The molecule has 10 nitrogen and oxygen atoms in total. The fourth-order valence-corrected chi connectivity index (χ4v) is 2.75. The van der Waals surface area contributed by atoms with Crippen LogP contribution in [0.15, 0.2) is 47.2 Å². The highest BCUT2D eigenvalue weighted by Gasteiger charge is 2.26. The molecule has 0 saturated heterocycles. The van der Waals surface area contributed by atoms with Crippen LogP contribution in [0.3, 0.4) is 0 Å². The Bertz CT molecular complexity index is 1020. The number of pyridine rings is 1. The summed E-state index contributed by atoms with van der Waals surface area (Å²) in [7, 11) is 1.46. The van der Waals surface area contributed by atoms with Crippen molar-refractivity contribution in [2.24, 2.45) is 5.92 Å². The SMILES string of the molecule is CNC(=O)c1ccc(NC(c2nc(-c3cccnc3)no2)C(C)C)c([N+](=O)[O-])c1. The fraction of sp³-hybridized carbons (Fsp3) is 0.263. The number of carbonyl (C=O) groups excluding carboxylic acids is 1. The molecule has 0 spiro atoms. The van der Waals surface area contributed by atoms with Crippen molar-refractivity contribution in [2.75, 3.05) is 12.4 Å². The molecule has 0 aliphatic carbocycles. The second-order valence-electron chi connectivity index (χ2n) is 6.63. The van der Waals surface area contributed by atoms with Crippen LogP contribution in [0.5, 0.6) is 0 Å². The molecule has 2 heterocycles. The minimum absolute atomic E-state index is 0.0181. The van der Waals surface area contributed by atoms with Crippen LogP contribution in [0.1, 0.15) is 36.1 Å².